The standard InChI is InChI=1S/C22H25NO2.ClH/c1-24-15-7-14-23-16-21-20-11-6-5-10-19(20)12-13-22(21)25-17-18-8-3-2-4-9-18;/h2-6,8-13,23H,7,14-17H2,1H3;1H. The molecule has 0 heterocycles. The number of ether oxygens (including phenoxy) is 2. The number of benzene rings is 3. The van der Waals surface area contributed by atoms with Crippen molar-refractivity contribution in [2.24, 2.45) is 0 Å². The number of methoxy groups -OCH3 is 1. The minimum absolute atomic E-state index is 0. The highest BCUT2D eigenvalue weighted by Gasteiger charge is 2.09. The molecule has 1 N–H and O–H groups in total. The van der Waals surface area contributed by atoms with E-state index in [2.05, 4.69) is 53.8 Å². The second kappa shape index (κ2) is 10.8. The summed E-state index contributed by atoms with van der Waals surface area (Å²) in [7, 11) is 1.74. The van der Waals surface area contributed by atoms with Gasteiger partial charge in [0.05, 0.1) is 0 Å². The van der Waals surface area contributed by atoms with Crippen molar-refractivity contribution in [3.63, 3.8) is 0 Å². The monoisotopic (exact) mass is 371 g/mol. The van der Waals surface area contributed by atoms with Crippen LogP contribution >= 0.6 is 12.4 Å². The highest BCUT2D eigenvalue weighted by atomic mass is 35.5. The van der Waals surface area contributed by atoms with E-state index in [1.807, 2.05) is 18.2 Å². The largest absolute Gasteiger partial charge is 0.489 e. The van der Waals surface area contributed by atoms with E-state index >= 15 is 0 Å². The van der Waals surface area contributed by atoms with Crippen molar-refractivity contribution in [2.45, 2.75) is 19.6 Å². The molecule has 0 radical (unpaired) electrons. The molecule has 0 spiro atoms. The topological polar surface area (TPSA) is 30.5 Å². The Labute approximate surface area is 161 Å². The third-order valence-electron chi connectivity index (χ3n) is 4.24. The Bertz CT molecular complexity index is 793. The molecule has 0 amide bonds. The van der Waals surface area contributed by atoms with Crippen molar-refractivity contribution < 1.29 is 9.47 Å². The predicted octanol–water partition coefficient (Wildman–Crippen LogP) is 4.97. The maximum atomic E-state index is 6.14. The molecule has 0 bridgehead atoms. The highest BCUT2D eigenvalue weighted by molar-refractivity contribution is 5.87. The summed E-state index contributed by atoms with van der Waals surface area (Å²) in [5, 5.41) is 5.99. The van der Waals surface area contributed by atoms with Crippen LogP contribution in [-0.2, 0) is 17.9 Å². The van der Waals surface area contributed by atoms with E-state index in [1.54, 1.807) is 7.11 Å². The van der Waals surface area contributed by atoms with Crippen LogP contribution in [-0.4, -0.2) is 20.3 Å². The van der Waals surface area contributed by atoms with E-state index in [1.165, 1.54) is 21.9 Å². The summed E-state index contributed by atoms with van der Waals surface area (Å²) in [6.45, 7) is 3.07. The third kappa shape index (κ3) is 5.46. The summed E-state index contributed by atoms with van der Waals surface area (Å²) < 4.78 is 11.3. The molecule has 3 nitrogen and oxygen atoms in total. The highest BCUT2D eigenvalue weighted by Crippen LogP contribution is 2.28. The lowest BCUT2D eigenvalue weighted by Gasteiger charge is -2.15. The van der Waals surface area contributed by atoms with Crippen LogP contribution in [0, 0.1) is 0 Å². The lowest BCUT2D eigenvalue weighted by molar-refractivity contribution is 0.194. The van der Waals surface area contributed by atoms with Gasteiger partial charge in [-0.25, -0.2) is 0 Å². The molecule has 3 aromatic rings. The number of nitrogens with one attached hydrogen (secondary N) is 1. The second-order valence-corrected chi connectivity index (χ2v) is 6.06. The van der Waals surface area contributed by atoms with Crippen LogP contribution in [0.3, 0.4) is 0 Å². The first-order valence-corrected chi connectivity index (χ1v) is 8.75. The Morgan fingerprint density at radius 1 is 0.885 bits per heavy atom. The average Bonchev–Trinajstić information content (AvgIpc) is 2.67. The molecule has 0 aliphatic heterocycles. The average molecular weight is 372 g/mol. The minimum atomic E-state index is 0. The Morgan fingerprint density at radius 3 is 2.46 bits per heavy atom. The smallest absolute Gasteiger partial charge is 0.124 e. The van der Waals surface area contributed by atoms with Gasteiger partial charge in [-0.3, -0.25) is 0 Å². The van der Waals surface area contributed by atoms with Gasteiger partial charge in [-0.2, -0.15) is 0 Å². The van der Waals surface area contributed by atoms with Crippen LogP contribution < -0.4 is 10.1 Å². The maximum Gasteiger partial charge on any atom is 0.124 e. The fourth-order valence-electron chi connectivity index (χ4n) is 2.92. The lowest BCUT2D eigenvalue weighted by atomic mass is 10.0. The van der Waals surface area contributed by atoms with Crippen LogP contribution in [0.1, 0.15) is 17.5 Å². The first-order chi connectivity index (χ1) is 12.4. The van der Waals surface area contributed by atoms with E-state index in [0.717, 1.165) is 31.9 Å². The molecule has 0 atom stereocenters. The van der Waals surface area contributed by atoms with Crippen molar-refractivity contribution in [3.8, 4) is 5.75 Å². The molecule has 26 heavy (non-hydrogen) atoms. The van der Waals surface area contributed by atoms with Gasteiger partial charge in [0.15, 0.2) is 0 Å². The van der Waals surface area contributed by atoms with Crippen LogP contribution in [0.15, 0.2) is 66.7 Å². The van der Waals surface area contributed by atoms with Gasteiger partial charge in [0.25, 0.3) is 0 Å². The van der Waals surface area contributed by atoms with Crippen molar-refractivity contribution in [3.05, 3.63) is 77.9 Å². The van der Waals surface area contributed by atoms with Crippen molar-refractivity contribution >= 4 is 23.2 Å². The number of hydrogen-bond donors (Lipinski definition) is 1. The van der Waals surface area contributed by atoms with Gasteiger partial charge in [-0.05, 0) is 35.4 Å². The minimum Gasteiger partial charge on any atom is -0.489 e. The molecule has 4 heteroatoms. The van der Waals surface area contributed by atoms with Gasteiger partial charge in [0.1, 0.15) is 12.4 Å². The van der Waals surface area contributed by atoms with E-state index < -0.39 is 0 Å². The lowest BCUT2D eigenvalue weighted by Crippen LogP contribution is -2.17. The summed E-state index contributed by atoms with van der Waals surface area (Å²) in [5.74, 6) is 0.946. The van der Waals surface area contributed by atoms with Gasteiger partial charge in [-0.15, -0.1) is 12.4 Å². The van der Waals surface area contributed by atoms with Crippen molar-refractivity contribution in [2.75, 3.05) is 20.3 Å². The summed E-state index contributed by atoms with van der Waals surface area (Å²) in [5.41, 5.74) is 2.39. The first-order valence-electron chi connectivity index (χ1n) is 8.75. The van der Waals surface area contributed by atoms with Gasteiger partial charge in [0.2, 0.25) is 0 Å². The summed E-state index contributed by atoms with van der Waals surface area (Å²) in [6.07, 6.45) is 1.00. The fourth-order valence-corrected chi connectivity index (χ4v) is 2.92. The zero-order valence-corrected chi connectivity index (χ0v) is 15.9. The molecule has 3 aromatic carbocycles. The molecular formula is C22H26ClNO2. The third-order valence-corrected chi connectivity index (χ3v) is 4.24. The molecule has 0 aromatic heterocycles. The summed E-state index contributed by atoms with van der Waals surface area (Å²) in [4.78, 5) is 0. The molecular weight excluding hydrogens is 346 g/mol. The molecule has 0 fully saturated rings. The Kier molecular flexibility index (Phi) is 8.42. The maximum absolute atomic E-state index is 6.14. The molecule has 0 saturated carbocycles. The van der Waals surface area contributed by atoms with Gasteiger partial charge >= 0.3 is 0 Å². The first kappa shape index (κ1) is 20.2. The van der Waals surface area contributed by atoms with Gasteiger partial charge in [-0.1, -0.05) is 60.7 Å². The van der Waals surface area contributed by atoms with E-state index in [-0.39, 0.29) is 12.4 Å². The molecule has 0 aliphatic rings. The number of fused-ring (bicyclic) bond motifs is 1. The SMILES string of the molecule is COCCCNCc1c(OCc2ccccc2)ccc2ccccc12.Cl. The summed E-state index contributed by atoms with van der Waals surface area (Å²) in [6, 6.07) is 22.9. The number of rotatable bonds is 9. The molecule has 0 saturated heterocycles. The van der Waals surface area contributed by atoms with Gasteiger partial charge < -0.3 is 14.8 Å². The van der Waals surface area contributed by atoms with Crippen molar-refractivity contribution in [1.82, 2.24) is 5.32 Å². The van der Waals surface area contributed by atoms with E-state index in [9.17, 15) is 0 Å². The van der Waals surface area contributed by atoms with E-state index in [4.69, 9.17) is 9.47 Å². The van der Waals surface area contributed by atoms with Crippen LogP contribution in [0.2, 0.25) is 0 Å². The van der Waals surface area contributed by atoms with Gasteiger partial charge in [0, 0.05) is 25.8 Å². The second-order valence-electron chi connectivity index (χ2n) is 6.06. The number of halogens is 1. The quantitative estimate of drug-likeness (QED) is 0.539. The zero-order chi connectivity index (χ0) is 17.3. The fraction of sp³-hybridized carbons (Fsp3) is 0.273. The zero-order valence-electron chi connectivity index (χ0n) is 15.1. The molecule has 3 rings (SSSR count). The Balaban J connectivity index is 0.00000243. The van der Waals surface area contributed by atoms with Crippen LogP contribution in [0.5, 0.6) is 5.75 Å². The van der Waals surface area contributed by atoms with Crippen LogP contribution in [0.25, 0.3) is 10.8 Å². The Hall–Kier alpha value is -2.07. The normalized spacial score (nSPS) is 10.5. The summed E-state index contributed by atoms with van der Waals surface area (Å²) >= 11 is 0. The molecule has 0 aliphatic carbocycles. The molecule has 138 valence electrons. The van der Waals surface area contributed by atoms with E-state index in [0.29, 0.717) is 6.61 Å². The molecule has 0 unspecified atom stereocenters. The van der Waals surface area contributed by atoms with Crippen molar-refractivity contribution in [1.29, 1.82) is 0 Å². The predicted molar refractivity (Wildman–Crippen MR) is 110 cm³/mol. The number of hydrogen-bond acceptors (Lipinski definition) is 3. The van der Waals surface area contributed by atoms with Crippen LogP contribution in [0.4, 0.5) is 0 Å². The Morgan fingerprint density at radius 2 is 1.65 bits per heavy atom.